The van der Waals surface area contributed by atoms with Gasteiger partial charge in [-0.05, 0) is 12.1 Å². The van der Waals surface area contributed by atoms with Crippen LogP contribution < -0.4 is 5.73 Å². The summed E-state index contributed by atoms with van der Waals surface area (Å²) in [6.07, 6.45) is 5.57. The van der Waals surface area contributed by atoms with Crippen molar-refractivity contribution in [1.82, 2.24) is 14.5 Å². The highest BCUT2D eigenvalue weighted by Crippen LogP contribution is 2.24. The van der Waals surface area contributed by atoms with Crippen LogP contribution in [0.4, 0.5) is 0 Å². The van der Waals surface area contributed by atoms with Gasteiger partial charge in [-0.1, -0.05) is 0 Å². The number of nitrogens with two attached hydrogens (primary N) is 1. The highest BCUT2D eigenvalue weighted by atomic mass is 16.3. The Morgan fingerprint density at radius 2 is 2.41 bits per heavy atom. The molecule has 2 aromatic heterocycles. The topological polar surface area (TPSA) is 60.2 Å². The Hall–Kier alpha value is -1.59. The number of aromatic nitrogens is 2. The third-order valence-corrected chi connectivity index (χ3v) is 3.31. The van der Waals surface area contributed by atoms with E-state index in [0.29, 0.717) is 6.54 Å². The predicted octanol–water partition coefficient (Wildman–Crippen LogP) is 0.992. The summed E-state index contributed by atoms with van der Waals surface area (Å²) in [5, 5.41) is 0. The Morgan fingerprint density at radius 1 is 1.47 bits per heavy atom. The minimum atomic E-state index is 0.149. The number of rotatable bonds is 3. The molecular weight excluding hydrogens is 216 g/mol. The van der Waals surface area contributed by atoms with Crippen LogP contribution in [0, 0.1) is 0 Å². The molecule has 0 radical (unpaired) electrons. The zero-order valence-corrected chi connectivity index (χ0v) is 9.62. The highest BCUT2D eigenvalue weighted by Gasteiger charge is 2.25. The second-order valence-corrected chi connectivity index (χ2v) is 4.27. The first-order valence-corrected chi connectivity index (χ1v) is 5.86. The fraction of sp³-hybridized carbons (Fsp3) is 0.417. The van der Waals surface area contributed by atoms with Crippen molar-refractivity contribution in [3.05, 3.63) is 42.4 Å². The van der Waals surface area contributed by atoms with Crippen LogP contribution in [0.5, 0.6) is 0 Å². The van der Waals surface area contributed by atoms with Gasteiger partial charge in [0.25, 0.3) is 0 Å². The van der Waals surface area contributed by atoms with E-state index in [0.717, 1.165) is 31.2 Å². The molecular formula is C12H16N4O. The lowest BCUT2D eigenvalue weighted by Gasteiger charge is -2.32. The number of furan rings is 1. The lowest BCUT2D eigenvalue weighted by atomic mass is 10.1. The maximum absolute atomic E-state index is 5.86. The van der Waals surface area contributed by atoms with Crippen LogP contribution in [0.25, 0.3) is 0 Å². The van der Waals surface area contributed by atoms with Crippen molar-refractivity contribution >= 4 is 0 Å². The molecule has 0 spiro atoms. The van der Waals surface area contributed by atoms with E-state index in [4.69, 9.17) is 10.2 Å². The summed E-state index contributed by atoms with van der Waals surface area (Å²) >= 11 is 0. The number of hydrogen-bond donors (Lipinski definition) is 1. The molecule has 1 unspecified atom stereocenters. The minimum Gasteiger partial charge on any atom is -0.468 e. The second-order valence-electron chi connectivity index (χ2n) is 4.27. The van der Waals surface area contributed by atoms with Gasteiger partial charge in [-0.2, -0.15) is 0 Å². The molecule has 1 aliphatic heterocycles. The van der Waals surface area contributed by atoms with Crippen molar-refractivity contribution in [3.8, 4) is 0 Å². The van der Waals surface area contributed by atoms with Gasteiger partial charge >= 0.3 is 0 Å². The van der Waals surface area contributed by atoms with Crippen molar-refractivity contribution in [3.63, 3.8) is 0 Å². The largest absolute Gasteiger partial charge is 0.468 e. The van der Waals surface area contributed by atoms with Gasteiger partial charge in [-0.25, -0.2) is 4.98 Å². The van der Waals surface area contributed by atoms with Gasteiger partial charge in [0.15, 0.2) is 0 Å². The van der Waals surface area contributed by atoms with Crippen molar-refractivity contribution in [1.29, 1.82) is 0 Å². The van der Waals surface area contributed by atoms with Crippen LogP contribution in [-0.4, -0.2) is 27.5 Å². The quantitative estimate of drug-likeness (QED) is 0.857. The second kappa shape index (κ2) is 4.35. The first-order valence-electron chi connectivity index (χ1n) is 5.86. The van der Waals surface area contributed by atoms with Gasteiger partial charge < -0.3 is 14.7 Å². The molecule has 17 heavy (non-hydrogen) atoms. The zero-order valence-electron chi connectivity index (χ0n) is 9.62. The van der Waals surface area contributed by atoms with E-state index < -0.39 is 0 Å². The fourth-order valence-corrected chi connectivity index (χ4v) is 2.38. The average molecular weight is 232 g/mol. The van der Waals surface area contributed by atoms with E-state index in [2.05, 4.69) is 14.5 Å². The summed E-state index contributed by atoms with van der Waals surface area (Å²) in [5.41, 5.74) is 5.86. The smallest absolute Gasteiger partial charge is 0.122 e. The summed E-state index contributed by atoms with van der Waals surface area (Å²) in [4.78, 5) is 6.68. The molecule has 5 heteroatoms. The number of nitrogens with zero attached hydrogens (tertiary/aromatic N) is 3. The molecule has 2 aromatic rings. The highest BCUT2D eigenvalue weighted by molar-refractivity contribution is 5.07. The van der Waals surface area contributed by atoms with Crippen LogP contribution in [0.1, 0.15) is 17.6 Å². The molecule has 5 nitrogen and oxygen atoms in total. The molecule has 0 aliphatic carbocycles. The molecule has 1 aliphatic rings. The van der Waals surface area contributed by atoms with Gasteiger partial charge in [0.1, 0.15) is 11.6 Å². The molecule has 2 N–H and O–H groups in total. The first-order chi connectivity index (χ1) is 8.38. The number of imidazole rings is 1. The van der Waals surface area contributed by atoms with Gasteiger partial charge in [-0.15, -0.1) is 0 Å². The molecule has 0 saturated carbocycles. The predicted molar refractivity (Wildman–Crippen MR) is 63.1 cm³/mol. The Kier molecular flexibility index (Phi) is 2.70. The van der Waals surface area contributed by atoms with Crippen molar-refractivity contribution in [2.45, 2.75) is 19.1 Å². The molecule has 0 fully saturated rings. The van der Waals surface area contributed by atoms with E-state index in [1.165, 1.54) is 0 Å². The Labute approximate surface area is 99.8 Å². The molecule has 0 saturated heterocycles. The van der Waals surface area contributed by atoms with E-state index in [1.54, 1.807) is 6.26 Å². The van der Waals surface area contributed by atoms with Crippen molar-refractivity contribution in [2.24, 2.45) is 5.73 Å². The summed E-state index contributed by atoms with van der Waals surface area (Å²) in [6, 6.07) is 4.04. The van der Waals surface area contributed by atoms with Crippen molar-refractivity contribution in [2.75, 3.05) is 13.1 Å². The summed E-state index contributed by atoms with van der Waals surface area (Å²) in [7, 11) is 0. The Bertz CT molecular complexity index is 476. The molecule has 3 heterocycles. The van der Waals surface area contributed by atoms with Crippen LogP contribution in [-0.2, 0) is 13.1 Å². The lowest BCUT2D eigenvalue weighted by Crippen LogP contribution is -2.39. The maximum atomic E-state index is 5.86. The minimum absolute atomic E-state index is 0.149. The van der Waals surface area contributed by atoms with Gasteiger partial charge in [0, 0.05) is 32.0 Å². The summed E-state index contributed by atoms with van der Waals surface area (Å²) in [5.74, 6) is 2.04. The maximum Gasteiger partial charge on any atom is 0.122 e. The fourth-order valence-electron chi connectivity index (χ4n) is 2.38. The normalized spacial score (nSPS) is 17.9. The van der Waals surface area contributed by atoms with Gasteiger partial charge in [0.05, 0.1) is 18.8 Å². The first kappa shape index (κ1) is 10.6. The summed E-state index contributed by atoms with van der Waals surface area (Å²) < 4.78 is 7.65. The molecule has 0 amide bonds. The molecule has 1 atom stereocenters. The number of hydrogen-bond acceptors (Lipinski definition) is 4. The summed E-state index contributed by atoms with van der Waals surface area (Å²) in [6.45, 7) is 3.34. The van der Waals surface area contributed by atoms with Gasteiger partial charge in [-0.3, -0.25) is 4.90 Å². The number of fused-ring (bicyclic) bond motifs is 1. The van der Waals surface area contributed by atoms with E-state index >= 15 is 0 Å². The monoisotopic (exact) mass is 232 g/mol. The molecule has 3 rings (SSSR count). The van der Waals surface area contributed by atoms with Crippen LogP contribution in [0.2, 0.25) is 0 Å². The van der Waals surface area contributed by atoms with Gasteiger partial charge in [0.2, 0.25) is 0 Å². The van der Waals surface area contributed by atoms with Crippen molar-refractivity contribution < 1.29 is 4.42 Å². The third kappa shape index (κ3) is 1.87. The van der Waals surface area contributed by atoms with Crippen LogP contribution >= 0.6 is 0 Å². The molecule has 90 valence electrons. The van der Waals surface area contributed by atoms with E-state index in [-0.39, 0.29) is 6.04 Å². The van der Waals surface area contributed by atoms with E-state index in [1.807, 2.05) is 24.5 Å². The Balaban J connectivity index is 1.81. The zero-order chi connectivity index (χ0) is 11.7. The third-order valence-electron chi connectivity index (χ3n) is 3.31. The lowest BCUT2D eigenvalue weighted by molar-refractivity contribution is 0.139. The standard InChI is InChI=1S/C12H16N4O/c13-8-10(11-2-1-7-17-11)16-6-5-15-4-3-14-12(15)9-16/h1-4,7,10H,5-6,8-9,13H2. The Morgan fingerprint density at radius 3 is 3.18 bits per heavy atom. The molecule has 0 aromatic carbocycles. The molecule has 0 bridgehead atoms. The van der Waals surface area contributed by atoms with E-state index in [9.17, 15) is 0 Å². The SMILES string of the molecule is NCC(c1ccco1)N1CCn2ccnc2C1. The van der Waals surface area contributed by atoms with Crippen LogP contribution in [0.3, 0.4) is 0 Å². The van der Waals surface area contributed by atoms with Crippen LogP contribution in [0.15, 0.2) is 35.2 Å². The average Bonchev–Trinajstić information content (AvgIpc) is 2.99.